The van der Waals surface area contributed by atoms with Crippen LogP contribution < -0.4 is 0 Å². The van der Waals surface area contributed by atoms with Crippen molar-refractivity contribution in [2.45, 2.75) is 0 Å². The van der Waals surface area contributed by atoms with Crippen molar-refractivity contribution in [3.05, 3.63) is 0 Å². The first-order valence-corrected chi connectivity index (χ1v) is 8.80. The molecule has 0 saturated carbocycles. The van der Waals surface area contributed by atoms with Gasteiger partial charge in [0.05, 0.1) is 26.4 Å². The zero-order valence-electron chi connectivity index (χ0n) is 12.9. The molecule has 3 aliphatic rings. The molecule has 0 aliphatic carbocycles. The minimum absolute atomic E-state index is 0.717. The van der Waals surface area contributed by atoms with Gasteiger partial charge in [-0.25, -0.2) is 0 Å². The lowest BCUT2D eigenvalue weighted by atomic mass is 10.5. The van der Waals surface area contributed by atoms with E-state index < -0.39 is 0 Å². The molecule has 8 heteroatoms. The lowest BCUT2D eigenvalue weighted by Crippen LogP contribution is -2.38. The smallest absolute Gasteiger partial charge is 0.171 e. The number of fused-ring (bicyclic) bond motifs is 4. The van der Waals surface area contributed by atoms with Gasteiger partial charge < -0.3 is 29.1 Å². The molecule has 3 heterocycles. The Morgan fingerprint density at radius 1 is 0.500 bits per heavy atom. The standard InChI is InChI=1S/C14H24N4O2S2/c21-13-15-1-2-16(13)6-10-20-12-8-18-4-3-17(14(18)22)7-11-19-9-5-15/h1-12H2. The first-order valence-electron chi connectivity index (χ1n) is 7.99. The molecule has 3 saturated heterocycles. The molecule has 4 bridgehead atoms. The van der Waals surface area contributed by atoms with Gasteiger partial charge in [0.15, 0.2) is 10.2 Å². The molecule has 3 rings (SSSR count). The number of thiocarbonyl (C=S) groups is 2. The fourth-order valence-corrected chi connectivity index (χ4v) is 3.73. The third-order valence-corrected chi connectivity index (χ3v) is 5.42. The first kappa shape index (κ1) is 16.2. The van der Waals surface area contributed by atoms with Crippen LogP contribution in [0.4, 0.5) is 0 Å². The summed E-state index contributed by atoms with van der Waals surface area (Å²) in [5.74, 6) is 0. The number of rotatable bonds is 0. The summed E-state index contributed by atoms with van der Waals surface area (Å²) in [5, 5.41) is 1.88. The zero-order valence-corrected chi connectivity index (χ0v) is 14.5. The molecular formula is C14H24N4O2S2. The zero-order chi connectivity index (χ0) is 15.4. The number of hydrogen-bond donors (Lipinski definition) is 0. The van der Waals surface area contributed by atoms with E-state index in [2.05, 4.69) is 19.6 Å². The van der Waals surface area contributed by atoms with E-state index in [4.69, 9.17) is 33.9 Å². The number of ether oxygens (including phenoxy) is 2. The van der Waals surface area contributed by atoms with Gasteiger partial charge in [-0.2, -0.15) is 0 Å². The van der Waals surface area contributed by atoms with Gasteiger partial charge in [-0.1, -0.05) is 0 Å². The van der Waals surface area contributed by atoms with E-state index in [0.717, 1.165) is 89.0 Å². The van der Waals surface area contributed by atoms with E-state index in [9.17, 15) is 0 Å². The molecule has 0 N–H and O–H groups in total. The third-order valence-electron chi connectivity index (χ3n) is 4.38. The van der Waals surface area contributed by atoms with Crippen molar-refractivity contribution in [2.75, 3.05) is 78.8 Å². The minimum atomic E-state index is 0.717. The Hall–Kier alpha value is -0.700. The van der Waals surface area contributed by atoms with Crippen LogP contribution in [-0.2, 0) is 9.47 Å². The summed E-state index contributed by atoms with van der Waals surface area (Å²) in [6, 6.07) is 0. The molecule has 22 heavy (non-hydrogen) atoms. The van der Waals surface area contributed by atoms with Gasteiger partial charge in [-0.05, 0) is 24.4 Å². The van der Waals surface area contributed by atoms with Crippen molar-refractivity contribution >= 4 is 34.7 Å². The molecule has 0 radical (unpaired) electrons. The first-order chi connectivity index (χ1) is 10.8. The fraction of sp³-hybridized carbons (Fsp3) is 0.857. The second-order valence-corrected chi connectivity index (χ2v) is 6.47. The Kier molecular flexibility index (Phi) is 5.67. The molecule has 0 unspecified atom stereocenters. The van der Waals surface area contributed by atoms with Gasteiger partial charge in [0.1, 0.15) is 0 Å². The summed E-state index contributed by atoms with van der Waals surface area (Å²) in [6.07, 6.45) is 0. The molecular weight excluding hydrogens is 320 g/mol. The predicted octanol–water partition coefficient (Wildman–Crippen LogP) is -0.162. The van der Waals surface area contributed by atoms with Gasteiger partial charge in [0, 0.05) is 52.4 Å². The Bertz CT molecular complexity index is 354. The van der Waals surface area contributed by atoms with Crippen LogP contribution in [0.3, 0.4) is 0 Å². The van der Waals surface area contributed by atoms with Crippen LogP contribution in [0.2, 0.25) is 0 Å². The second-order valence-electron chi connectivity index (χ2n) is 5.74. The molecule has 0 aromatic rings. The minimum Gasteiger partial charge on any atom is -0.378 e. The van der Waals surface area contributed by atoms with Crippen molar-refractivity contribution in [3.63, 3.8) is 0 Å². The topological polar surface area (TPSA) is 31.4 Å². The van der Waals surface area contributed by atoms with Crippen molar-refractivity contribution < 1.29 is 9.47 Å². The summed E-state index contributed by atoms with van der Waals surface area (Å²) in [6.45, 7) is 10.3. The van der Waals surface area contributed by atoms with E-state index in [1.165, 1.54) is 0 Å². The van der Waals surface area contributed by atoms with E-state index in [0.29, 0.717) is 0 Å². The van der Waals surface area contributed by atoms with Crippen LogP contribution in [0.1, 0.15) is 0 Å². The second kappa shape index (κ2) is 7.72. The van der Waals surface area contributed by atoms with E-state index in [1.807, 2.05) is 0 Å². The summed E-state index contributed by atoms with van der Waals surface area (Å²) in [4.78, 5) is 8.90. The van der Waals surface area contributed by atoms with Gasteiger partial charge in [-0.15, -0.1) is 0 Å². The maximum absolute atomic E-state index is 5.77. The van der Waals surface area contributed by atoms with Crippen LogP contribution >= 0.6 is 24.4 Å². The molecule has 0 aromatic heterocycles. The highest BCUT2D eigenvalue weighted by Crippen LogP contribution is 2.10. The van der Waals surface area contributed by atoms with Crippen molar-refractivity contribution in [1.82, 2.24) is 19.6 Å². The average molecular weight is 345 g/mol. The van der Waals surface area contributed by atoms with Gasteiger partial charge in [-0.3, -0.25) is 0 Å². The van der Waals surface area contributed by atoms with Gasteiger partial charge in [0.2, 0.25) is 0 Å². The van der Waals surface area contributed by atoms with Crippen molar-refractivity contribution in [1.29, 1.82) is 0 Å². The maximum atomic E-state index is 5.77. The Labute approximate surface area is 142 Å². The van der Waals surface area contributed by atoms with E-state index in [1.54, 1.807) is 0 Å². The molecule has 0 aromatic carbocycles. The fourth-order valence-electron chi connectivity index (χ4n) is 3.00. The number of hydrogen-bond acceptors (Lipinski definition) is 4. The highest BCUT2D eigenvalue weighted by atomic mass is 32.1. The largest absolute Gasteiger partial charge is 0.378 e. The molecule has 0 atom stereocenters. The van der Waals surface area contributed by atoms with Crippen LogP contribution in [0.5, 0.6) is 0 Å². The lowest BCUT2D eigenvalue weighted by molar-refractivity contribution is 0.110. The normalized spacial score (nSPS) is 25.3. The maximum Gasteiger partial charge on any atom is 0.171 e. The van der Waals surface area contributed by atoms with E-state index >= 15 is 0 Å². The lowest BCUT2D eigenvalue weighted by Gasteiger charge is -2.24. The summed E-state index contributed by atoms with van der Waals surface area (Å²) in [5.41, 5.74) is 0. The van der Waals surface area contributed by atoms with Crippen molar-refractivity contribution in [2.24, 2.45) is 0 Å². The highest BCUT2D eigenvalue weighted by Gasteiger charge is 2.26. The number of nitrogens with zero attached hydrogens (tertiary/aromatic N) is 4. The molecule has 124 valence electrons. The Balaban J connectivity index is 1.54. The summed E-state index contributed by atoms with van der Waals surface area (Å²) < 4.78 is 11.5. The monoisotopic (exact) mass is 344 g/mol. The quantitative estimate of drug-likeness (QED) is 0.561. The summed E-state index contributed by atoms with van der Waals surface area (Å²) in [7, 11) is 0. The van der Waals surface area contributed by atoms with Crippen molar-refractivity contribution in [3.8, 4) is 0 Å². The Morgan fingerprint density at radius 3 is 1.05 bits per heavy atom. The Morgan fingerprint density at radius 2 is 0.773 bits per heavy atom. The highest BCUT2D eigenvalue weighted by molar-refractivity contribution is 7.80. The predicted molar refractivity (Wildman–Crippen MR) is 93.1 cm³/mol. The van der Waals surface area contributed by atoms with Gasteiger partial charge >= 0.3 is 0 Å². The average Bonchev–Trinajstić information content (AvgIpc) is 3.03. The van der Waals surface area contributed by atoms with Crippen LogP contribution in [-0.4, -0.2) is 109 Å². The van der Waals surface area contributed by atoms with E-state index in [-0.39, 0.29) is 0 Å². The summed E-state index contributed by atoms with van der Waals surface area (Å²) >= 11 is 11.0. The van der Waals surface area contributed by atoms with Crippen LogP contribution in [0, 0.1) is 0 Å². The molecule has 6 nitrogen and oxygen atoms in total. The SMILES string of the molecule is S=C1N2CCOCCN3CCN(CCOCCN1CC2)C3=S. The van der Waals surface area contributed by atoms with Crippen LogP contribution in [0.25, 0.3) is 0 Å². The molecule has 3 fully saturated rings. The molecule has 0 spiro atoms. The molecule has 0 amide bonds. The third kappa shape index (κ3) is 3.79. The molecule has 3 aliphatic heterocycles. The van der Waals surface area contributed by atoms with Crippen LogP contribution in [0.15, 0.2) is 0 Å². The van der Waals surface area contributed by atoms with Gasteiger partial charge in [0.25, 0.3) is 0 Å².